The number of halogens is 1. The molecule has 1 aliphatic rings. The second-order valence-electron chi connectivity index (χ2n) is 4.44. The summed E-state index contributed by atoms with van der Waals surface area (Å²) in [7, 11) is 0. The Morgan fingerprint density at radius 1 is 1.47 bits per heavy atom. The molecule has 1 aromatic heterocycles. The highest BCUT2D eigenvalue weighted by molar-refractivity contribution is 9.10. The van der Waals surface area contributed by atoms with E-state index in [1.54, 1.807) is 4.57 Å². The van der Waals surface area contributed by atoms with Crippen LogP contribution >= 0.6 is 15.9 Å². The summed E-state index contributed by atoms with van der Waals surface area (Å²) < 4.78 is 7.36. The molecule has 1 amide bonds. The smallest absolute Gasteiger partial charge is 0.337 e. The van der Waals surface area contributed by atoms with E-state index in [2.05, 4.69) is 21.2 Å². The van der Waals surface area contributed by atoms with Gasteiger partial charge in [0.2, 0.25) is 5.91 Å². The van der Waals surface area contributed by atoms with E-state index in [0.29, 0.717) is 17.8 Å². The van der Waals surface area contributed by atoms with Crippen LogP contribution in [-0.2, 0) is 16.1 Å². The summed E-state index contributed by atoms with van der Waals surface area (Å²) in [6, 6.07) is 1.62. The molecule has 19 heavy (non-hydrogen) atoms. The molecule has 104 valence electrons. The van der Waals surface area contributed by atoms with Crippen LogP contribution < -0.4 is 5.32 Å². The number of carboxylic acid groups (broad SMARTS) is 1. The van der Waals surface area contributed by atoms with Crippen molar-refractivity contribution in [1.82, 2.24) is 9.88 Å². The first-order valence-corrected chi connectivity index (χ1v) is 6.81. The Morgan fingerprint density at radius 2 is 2.16 bits per heavy atom. The summed E-state index contributed by atoms with van der Waals surface area (Å²) >= 11 is 3.24. The number of nitrogens with zero attached hydrogens (tertiary/aromatic N) is 1. The van der Waals surface area contributed by atoms with Gasteiger partial charge in [-0.2, -0.15) is 0 Å². The summed E-state index contributed by atoms with van der Waals surface area (Å²) in [5.74, 6) is -1.13. The van der Waals surface area contributed by atoms with Gasteiger partial charge in [0, 0.05) is 25.5 Å². The van der Waals surface area contributed by atoms with Crippen molar-refractivity contribution < 1.29 is 19.4 Å². The van der Waals surface area contributed by atoms with Crippen LogP contribution in [0.2, 0.25) is 0 Å². The fraction of sp³-hybridized carbons (Fsp3) is 0.500. The standard InChI is InChI=1S/C12H15BrN2O4/c13-10-5-8(12(17)18)6-15(10)7-11(16)14-9-1-3-19-4-2-9/h5-6,9H,1-4,7H2,(H,14,16)(H,17,18). The van der Waals surface area contributed by atoms with Crippen LogP contribution in [0.25, 0.3) is 0 Å². The van der Waals surface area contributed by atoms with Crippen LogP contribution in [0.15, 0.2) is 16.9 Å². The Kier molecular flexibility index (Phi) is 4.60. The molecule has 0 aromatic carbocycles. The quantitative estimate of drug-likeness (QED) is 0.870. The maximum Gasteiger partial charge on any atom is 0.337 e. The van der Waals surface area contributed by atoms with Crippen LogP contribution in [0.4, 0.5) is 0 Å². The highest BCUT2D eigenvalue weighted by Gasteiger charge is 2.17. The highest BCUT2D eigenvalue weighted by Crippen LogP contribution is 2.15. The molecule has 1 saturated heterocycles. The average molecular weight is 331 g/mol. The SMILES string of the molecule is O=C(Cn1cc(C(=O)O)cc1Br)NC1CCOCC1. The van der Waals surface area contributed by atoms with Gasteiger partial charge in [-0.25, -0.2) is 4.79 Å². The van der Waals surface area contributed by atoms with E-state index in [1.807, 2.05) is 0 Å². The molecule has 0 saturated carbocycles. The maximum absolute atomic E-state index is 11.9. The average Bonchev–Trinajstić information content (AvgIpc) is 2.72. The fourth-order valence-corrected chi connectivity index (χ4v) is 2.46. The molecule has 2 N–H and O–H groups in total. The molecule has 0 spiro atoms. The van der Waals surface area contributed by atoms with Crippen molar-refractivity contribution in [2.75, 3.05) is 13.2 Å². The summed E-state index contributed by atoms with van der Waals surface area (Å²) in [5.41, 5.74) is 0.158. The lowest BCUT2D eigenvalue weighted by atomic mass is 10.1. The number of aromatic nitrogens is 1. The van der Waals surface area contributed by atoms with Crippen LogP contribution in [-0.4, -0.2) is 40.8 Å². The molecule has 0 bridgehead atoms. The Bertz CT molecular complexity index is 480. The maximum atomic E-state index is 11.9. The Morgan fingerprint density at radius 3 is 2.74 bits per heavy atom. The van der Waals surface area contributed by atoms with E-state index < -0.39 is 5.97 Å². The molecular weight excluding hydrogens is 316 g/mol. The van der Waals surface area contributed by atoms with Gasteiger partial charge < -0.3 is 19.7 Å². The lowest BCUT2D eigenvalue weighted by Crippen LogP contribution is -2.40. The summed E-state index contributed by atoms with van der Waals surface area (Å²) in [4.78, 5) is 22.7. The molecular formula is C12H15BrN2O4. The molecule has 1 aliphatic heterocycles. The third kappa shape index (κ3) is 3.81. The van der Waals surface area contributed by atoms with Crippen molar-refractivity contribution in [3.63, 3.8) is 0 Å². The number of rotatable bonds is 4. The van der Waals surface area contributed by atoms with Crippen LogP contribution in [0.3, 0.4) is 0 Å². The van der Waals surface area contributed by atoms with E-state index in [1.165, 1.54) is 12.3 Å². The molecule has 0 radical (unpaired) electrons. The van der Waals surface area contributed by atoms with E-state index >= 15 is 0 Å². The topological polar surface area (TPSA) is 80.6 Å². The van der Waals surface area contributed by atoms with E-state index in [-0.39, 0.29) is 24.1 Å². The number of hydrogen-bond donors (Lipinski definition) is 2. The molecule has 2 heterocycles. The number of aromatic carboxylic acids is 1. The number of carbonyl (C=O) groups is 2. The highest BCUT2D eigenvalue weighted by atomic mass is 79.9. The minimum atomic E-state index is -1.01. The van der Waals surface area contributed by atoms with Gasteiger partial charge >= 0.3 is 5.97 Å². The van der Waals surface area contributed by atoms with Gasteiger partial charge in [0.15, 0.2) is 0 Å². The van der Waals surface area contributed by atoms with E-state index in [0.717, 1.165) is 12.8 Å². The Balaban J connectivity index is 1.92. The first kappa shape index (κ1) is 14.1. The Labute approximate surface area is 118 Å². The monoisotopic (exact) mass is 330 g/mol. The molecule has 2 rings (SSSR count). The number of ether oxygens (including phenoxy) is 1. The van der Waals surface area contributed by atoms with Crippen LogP contribution in [0.1, 0.15) is 23.2 Å². The van der Waals surface area contributed by atoms with Crippen molar-refractivity contribution >= 4 is 27.8 Å². The Hall–Kier alpha value is -1.34. The second-order valence-corrected chi connectivity index (χ2v) is 5.25. The van der Waals surface area contributed by atoms with Crippen molar-refractivity contribution in [2.45, 2.75) is 25.4 Å². The third-order valence-corrected chi connectivity index (χ3v) is 3.68. The summed E-state index contributed by atoms with van der Waals surface area (Å²) in [6.07, 6.45) is 3.08. The van der Waals surface area contributed by atoms with Gasteiger partial charge in [0.1, 0.15) is 6.54 Å². The third-order valence-electron chi connectivity index (χ3n) is 2.99. The molecule has 1 aromatic rings. The minimum Gasteiger partial charge on any atom is -0.478 e. The van der Waals surface area contributed by atoms with Crippen molar-refractivity contribution in [3.8, 4) is 0 Å². The van der Waals surface area contributed by atoms with Crippen LogP contribution in [0.5, 0.6) is 0 Å². The van der Waals surface area contributed by atoms with Gasteiger partial charge in [-0.05, 0) is 34.8 Å². The molecule has 1 fully saturated rings. The van der Waals surface area contributed by atoms with Gasteiger partial charge in [-0.15, -0.1) is 0 Å². The van der Waals surface area contributed by atoms with Crippen molar-refractivity contribution in [1.29, 1.82) is 0 Å². The fourth-order valence-electron chi connectivity index (χ4n) is 1.99. The van der Waals surface area contributed by atoms with Gasteiger partial charge in [0.05, 0.1) is 10.2 Å². The summed E-state index contributed by atoms with van der Waals surface area (Å²) in [5, 5.41) is 11.8. The molecule has 0 unspecified atom stereocenters. The van der Waals surface area contributed by atoms with E-state index in [4.69, 9.17) is 9.84 Å². The minimum absolute atomic E-state index is 0.102. The van der Waals surface area contributed by atoms with Crippen LogP contribution in [0, 0.1) is 0 Å². The number of amides is 1. The largest absolute Gasteiger partial charge is 0.478 e. The molecule has 0 atom stereocenters. The summed E-state index contributed by atoms with van der Waals surface area (Å²) in [6.45, 7) is 1.44. The zero-order valence-corrected chi connectivity index (χ0v) is 11.9. The lowest BCUT2D eigenvalue weighted by molar-refractivity contribution is -0.123. The van der Waals surface area contributed by atoms with Crippen molar-refractivity contribution in [3.05, 3.63) is 22.4 Å². The number of carboxylic acids is 1. The van der Waals surface area contributed by atoms with E-state index in [9.17, 15) is 9.59 Å². The molecule has 6 nitrogen and oxygen atoms in total. The number of hydrogen-bond acceptors (Lipinski definition) is 3. The molecule has 0 aliphatic carbocycles. The number of nitrogens with one attached hydrogen (secondary N) is 1. The van der Waals surface area contributed by atoms with Gasteiger partial charge in [-0.1, -0.05) is 0 Å². The predicted octanol–water partition coefficient (Wildman–Crippen LogP) is 1.24. The van der Waals surface area contributed by atoms with Gasteiger partial charge in [0.25, 0.3) is 0 Å². The molecule has 7 heteroatoms. The zero-order chi connectivity index (χ0) is 13.8. The van der Waals surface area contributed by atoms with Crippen molar-refractivity contribution in [2.24, 2.45) is 0 Å². The van der Waals surface area contributed by atoms with Gasteiger partial charge in [-0.3, -0.25) is 4.79 Å². The number of carbonyl (C=O) groups excluding carboxylic acids is 1. The zero-order valence-electron chi connectivity index (χ0n) is 10.3. The normalized spacial score (nSPS) is 16.3. The predicted molar refractivity (Wildman–Crippen MR) is 71.1 cm³/mol. The first-order valence-electron chi connectivity index (χ1n) is 6.02. The lowest BCUT2D eigenvalue weighted by Gasteiger charge is -2.23. The first-order chi connectivity index (χ1) is 9.06. The second kappa shape index (κ2) is 6.21.